The lowest BCUT2D eigenvalue weighted by Crippen LogP contribution is -2.33. The van der Waals surface area contributed by atoms with E-state index in [0.717, 1.165) is 5.39 Å². The average Bonchev–Trinajstić information content (AvgIpc) is 3.20. The number of anilines is 2. The Bertz CT molecular complexity index is 1360. The van der Waals surface area contributed by atoms with Gasteiger partial charge in [-0.15, -0.1) is 0 Å². The zero-order chi connectivity index (χ0) is 23.8. The smallest absolute Gasteiger partial charge is 0.416 e. The normalized spacial score (nSPS) is 17.4. The SMILES string of the molecule is Cn1c(=O)ccc2ccc(F)c(CCNC[C@H]3CN(c4cnc5c(n4)NC(=O)CO5)C(=O)O3)c21. The molecule has 11 nitrogen and oxygen atoms in total. The highest BCUT2D eigenvalue weighted by molar-refractivity contribution is 5.94. The van der Waals surface area contributed by atoms with Gasteiger partial charge >= 0.3 is 6.09 Å². The summed E-state index contributed by atoms with van der Waals surface area (Å²) in [7, 11) is 1.62. The highest BCUT2D eigenvalue weighted by Gasteiger charge is 2.34. The van der Waals surface area contributed by atoms with Gasteiger partial charge in [0.1, 0.15) is 11.9 Å². The van der Waals surface area contributed by atoms with Crippen LogP contribution >= 0.6 is 0 Å². The molecular formula is C22H21FN6O5. The number of carbonyl (C=O) groups excluding carboxylic acids is 2. The highest BCUT2D eigenvalue weighted by atomic mass is 19.1. The topological polar surface area (TPSA) is 128 Å². The maximum atomic E-state index is 14.5. The number of carbonyl (C=O) groups is 2. The van der Waals surface area contributed by atoms with Crippen LogP contribution in [0.1, 0.15) is 5.56 Å². The second-order valence-electron chi connectivity index (χ2n) is 7.98. The average molecular weight is 468 g/mol. The molecule has 5 rings (SSSR count). The molecule has 0 unspecified atom stereocenters. The number of rotatable bonds is 6. The number of amides is 2. The number of aryl methyl sites for hydroxylation is 1. The molecule has 3 aromatic rings. The van der Waals surface area contributed by atoms with Crippen molar-refractivity contribution in [2.45, 2.75) is 12.5 Å². The number of nitrogens with one attached hydrogen (secondary N) is 2. The van der Waals surface area contributed by atoms with E-state index in [-0.39, 0.29) is 48.0 Å². The van der Waals surface area contributed by atoms with Gasteiger partial charge in [-0.1, -0.05) is 0 Å². The van der Waals surface area contributed by atoms with E-state index in [0.29, 0.717) is 30.6 Å². The van der Waals surface area contributed by atoms with Gasteiger partial charge in [0.05, 0.1) is 18.3 Å². The summed E-state index contributed by atoms with van der Waals surface area (Å²) in [5.74, 6) is -0.165. The summed E-state index contributed by atoms with van der Waals surface area (Å²) in [4.78, 5) is 45.5. The Morgan fingerprint density at radius 2 is 2.06 bits per heavy atom. The second-order valence-corrected chi connectivity index (χ2v) is 7.98. The quantitative estimate of drug-likeness (QED) is 0.512. The molecule has 0 spiro atoms. The number of hydrogen-bond acceptors (Lipinski definition) is 8. The van der Waals surface area contributed by atoms with Crippen molar-refractivity contribution in [2.75, 3.05) is 36.5 Å². The van der Waals surface area contributed by atoms with Crippen molar-refractivity contribution >= 4 is 34.5 Å². The molecule has 1 atom stereocenters. The first-order chi connectivity index (χ1) is 16.4. The maximum Gasteiger partial charge on any atom is 0.416 e. The molecule has 1 saturated heterocycles. The molecule has 4 heterocycles. The zero-order valence-corrected chi connectivity index (χ0v) is 18.2. The summed E-state index contributed by atoms with van der Waals surface area (Å²) >= 11 is 0. The molecule has 0 aliphatic carbocycles. The minimum atomic E-state index is -0.584. The summed E-state index contributed by atoms with van der Waals surface area (Å²) in [6, 6.07) is 6.18. The lowest BCUT2D eigenvalue weighted by molar-refractivity contribution is -0.118. The molecule has 12 heteroatoms. The molecule has 0 bridgehead atoms. The van der Waals surface area contributed by atoms with Gasteiger partial charge in [-0.3, -0.25) is 14.5 Å². The monoisotopic (exact) mass is 468 g/mol. The molecule has 1 aromatic carbocycles. The van der Waals surface area contributed by atoms with Gasteiger partial charge in [0.25, 0.3) is 17.3 Å². The molecule has 0 radical (unpaired) electrons. The minimum absolute atomic E-state index is 0.139. The molecule has 176 valence electrons. The summed E-state index contributed by atoms with van der Waals surface area (Å²) in [6.45, 7) is 0.839. The first-order valence-corrected chi connectivity index (χ1v) is 10.7. The van der Waals surface area contributed by atoms with Crippen molar-refractivity contribution in [3.8, 4) is 5.88 Å². The molecule has 2 aromatic heterocycles. The van der Waals surface area contributed by atoms with Crippen LogP contribution in [0.2, 0.25) is 0 Å². The van der Waals surface area contributed by atoms with E-state index in [1.54, 1.807) is 19.2 Å². The maximum absolute atomic E-state index is 14.5. The van der Waals surface area contributed by atoms with E-state index in [1.807, 2.05) is 0 Å². The van der Waals surface area contributed by atoms with Crippen LogP contribution in [0.5, 0.6) is 5.88 Å². The molecule has 0 saturated carbocycles. The number of benzene rings is 1. The number of pyridine rings is 1. The van der Waals surface area contributed by atoms with Crippen LogP contribution in [0.25, 0.3) is 10.9 Å². The highest BCUT2D eigenvalue weighted by Crippen LogP contribution is 2.27. The van der Waals surface area contributed by atoms with Crippen molar-refractivity contribution in [1.29, 1.82) is 0 Å². The lowest BCUT2D eigenvalue weighted by Gasteiger charge is -2.18. The van der Waals surface area contributed by atoms with Crippen molar-refractivity contribution in [3.05, 3.63) is 52.2 Å². The van der Waals surface area contributed by atoms with E-state index in [2.05, 4.69) is 20.6 Å². The van der Waals surface area contributed by atoms with E-state index >= 15 is 0 Å². The third-order valence-electron chi connectivity index (χ3n) is 5.73. The lowest BCUT2D eigenvalue weighted by atomic mass is 10.1. The number of fused-ring (bicyclic) bond motifs is 2. The van der Waals surface area contributed by atoms with E-state index < -0.39 is 12.2 Å². The summed E-state index contributed by atoms with van der Waals surface area (Å²) < 4.78 is 26.5. The number of hydrogen-bond donors (Lipinski definition) is 2. The Balaban J connectivity index is 1.21. The van der Waals surface area contributed by atoms with Crippen molar-refractivity contribution in [2.24, 2.45) is 7.05 Å². The van der Waals surface area contributed by atoms with Crippen molar-refractivity contribution < 1.29 is 23.5 Å². The number of halogens is 1. The van der Waals surface area contributed by atoms with Gasteiger partial charge in [-0.25, -0.2) is 19.2 Å². The molecular weight excluding hydrogens is 447 g/mol. The Labute approximate surface area is 192 Å². The Morgan fingerprint density at radius 1 is 1.24 bits per heavy atom. The summed E-state index contributed by atoms with van der Waals surface area (Å²) in [6.07, 6.45) is 0.680. The van der Waals surface area contributed by atoms with Crippen LogP contribution in [0.15, 0.2) is 35.3 Å². The second kappa shape index (κ2) is 8.71. The van der Waals surface area contributed by atoms with E-state index in [4.69, 9.17) is 9.47 Å². The van der Waals surface area contributed by atoms with Crippen LogP contribution in [0.3, 0.4) is 0 Å². The standard InChI is InChI=1S/C22H21FN6O5/c1-28-18(31)5-3-12-2-4-15(23)14(19(12)28)6-7-24-8-13-10-29(22(32)34-13)16-9-25-21-20(26-16)27-17(30)11-33-21/h2-5,9,13,24H,6-8,10-11H2,1H3,(H,26,27,30)/t13-/m0/s1. The van der Waals surface area contributed by atoms with Gasteiger partial charge in [0, 0.05) is 25.2 Å². The molecule has 2 aliphatic heterocycles. The van der Waals surface area contributed by atoms with Gasteiger partial charge in [-0.05, 0) is 36.6 Å². The first kappa shape index (κ1) is 21.8. The summed E-state index contributed by atoms with van der Waals surface area (Å²) in [5, 5.41) is 6.51. The van der Waals surface area contributed by atoms with E-state index in [1.165, 1.54) is 27.8 Å². The van der Waals surface area contributed by atoms with Gasteiger partial charge in [0.15, 0.2) is 18.2 Å². The third-order valence-corrected chi connectivity index (χ3v) is 5.73. The summed E-state index contributed by atoms with van der Waals surface area (Å²) in [5.41, 5.74) is 0.806. The van der Waals surface area contributed by atoms with Crippen LogP contribution < -0.4 is 25.8 Å². The minimum Gasteiger partial charge on any atom is -0.465 e. The fourth-order valence-electron chi connectivity index (χ4n) is 4.06. The Hall–Kier alpha value is -4.06. The van der Waals surface area contributed by atoms with Crippen LogP contribution in [0.4, 0.5) is 20.8 Å². The van der Waals surface area contributed by atoms with Gasteiger partial charge < -0.3 is 24.7 Å². The third kappa shape index (κ3) is 4.03. The molecule has 2 aliphatic rings. The number of ether oxygens (including phenoxy) is 2. The predicted octanol–water partition coefficient (Wildman–Crippen LogP) is 0.956. The van der Waals surface area contributed by atoms with Gasteiger partial charge in [-0.2, -0.15) is 0 Å². The number of aromatic nitrogens is 3. The van der Waals surface area contributed by atoms with Crippen molar-refractivity contribution in [3.63, 3.8) is 0 Å². The zero-order valence-electron chi connectivity index (χ0n) is 18.2. The Morgan fingerprint density at radius 3 is 2.91 bits per heavy atom. The fraction of sp³-hybridized carbons (Fsp3) is 0.318. The largest absolute Gasteiger partial charge is 0.465 e. The van der Waals surface area contributed by atoms with E-state index in [9.17, 15) is 18.8 Å². The molecule has 2 N–H and O–H groups in total. The fourth-order valence-corrected chi connectivity index (χ4v) is 4.06. The predicted molar refractivity (Wildman–Crippen MR) is 119 cm³/mol. The number of nitrogens with zero attached hydrogens (tertiary/aromatic N) is 4. The van der Waals surface area contributed by atoms with Gasteiger partial charge in [0.2, 0.25) is 0 Å². The molecule has 1 fully saturated rings. The van der Waals surface area contributed by atoms with Crippen LogP contribution in [-0.4, -0.2) is 58.9 Å². The number of cyclic esters (lactones) is 1. The Kier molecular flexibility index (Phi) is 5.57. The molecule has 2 amide bonds. The van der Waals surface area contributed by atoms with Crippen LogP contribution in [-0.2, 0) is 23.0 Å². The molecule has 34 heavy (non-hydrogen) atoms. The van der Waals surface area contributed by atoms with Crippen LogP contribution in [0, 0.1) is 5.82 Å². The first-order valence-electron chi connectivity index (χ1n) is 10.7. The van der Waals surface area contributed by atoms with Crippen molar-refractivity contribution in [1.82, 2.24) is 19.9 Å².